The Morgan fingerprint density at radius 3 is 1.97 bits per heavy atom. The van der Waals surface area contributed by atoms with Gasteiger partial charge in [-0.2, -0.15) is 0 Å². The van der Waals surface area contributed by atoms with Gasteiger partial charge < -0.3 is 35.3 Å². The fraction of sp³-hybridized carbons (Fsp3) is 0.840. The van der Waals surface area contributed by atoms with E-state index in [-0.39, 0.29) is 17.6 Å². The van der Waals surface area contributed by atoms with E-state index in [2.05, 4.69) is 16.0 Å². The van der Waals surface area contributed by atoms with Gasteiger partial charge in [0.1, 0.15) is 12.1 Å². The van der Waals surface area contributed by atoms with Crippen LogP contribution >= 0.6 is 0 Å². The van der Waals surface area contributed by atoms with Crippen LogP contribution in [0.25, 0.3) is 0 Å². The van der Waals surface area contributed by atoms with E-state index in [1.807, 2.05) is 33.9 Å². The second kappa shape index (κ2) is 13.2. The Morgan fingerprint density at radius 2 is 1.49 bits per heavy atom. The standard InChI is InChI=1S/C25H47N3O8Si/c1-13(2)18-22(32)28-19(16(5)36-37(9,10)25(6,7)8)23(33)26-17(11-29)24(34)35-12-14(3)20(30)15(4)21(31)27-18/h13-20,29-30H,11-12H2,1-10H3,(H,26,33)(H,27,31)(H,28,32)/t14-,15+,16+,17-,18-,19-,20+/m0/s1. The Balaban J connectivity index is 3.46. The first-order chi connectivity index (χ1) is 16.8. The fourth-order valence-corrected chi connectivity index (χ4v) is 5.09. The molecule has 0 unspecified atom stereocenters. The number of amides is 3. The van der Waals surface area contributed by atoms with Crippen molar-refractivity contribution in [1.29, 1.82) is 0 Å². The highest BCUT2D eigenvalue weighted by Crippen LogP contribution is 2.37. The Hall–Kier alpha value is -2.02. The van der Waals surface area contributed by atoms with Gasteiger partial charge in [0.25, 0.3) is 0 Å². The second-order valence-electron chi connectivity index (χ2n) is 11.9. The minimum Gasteiger partial charge on any atom is -0.464 e. The third-order valence-corrected chi connectivity index (χ3v) is 11.9. The second-order valence-corrected chi connectivity index (χ2v) is 16.7. The molecule has 0 radical (unpaired) electrons. The lowest BCUT2D eigenvalue weighted by Gasteiger charge is -2.40. The molecule has 0 aliphatic carbocycles. The van der Waals surface area contributed by atoms with Crippen LogP contribution in [0.4, 0.5) is 0 Å². The first kappa shape index (κ1) is 33.0. The van der Waals surface area contributed by atoms with Crippen LogP contribution in [0, 0.1) is 17.8 Å². The quantitative estimate of drug-likeness (QED) is 0.249. The maximum absolute atomic E-state index is 13.4. The van der Waals surface area contributed by atoms with Gasteiger partial charge in [0.05, 0.1) is 31.3 Å². The van der Waals surface area contributed by atoms with E-state index in [0.29, 0.717) is 0 Å². The van der Waals surface area contributed by atoms with Crippen molar-refractivity contribution in [3.8, 4) is 0 Å². The van der Waals surface area contributed by atoms with Crippen LogP contribution in [0.1, 0.15) is 55.4 Å². The monoisotopic (exact) mass is 545 g/mol. The SMILES string of the molecule is CC(C)[C@@H]1NC(=O)[C@H](C)[C@H](O)[C@@H](C)COC(=O)[C@H](CO)NC(=O)[C@H]([C@@H](C)O[Si](C)(C)C(C)(C)C)NC1=O. The van der Waals surface area contributed by atoms with E-state index in [9.17, 15) is 29.4 Å². The van der Waals surface area contributed by atoms with Gasteiger partial charge in [-0.15, -0.1) is 0 Å². The van der Waals surface area contributed by atoms with Gasteiger partial charge in [-0.25, -0.2) is 4.79 Å². The number of nitrogens with one attached hydrogen (secondary N) is 3. The number of hydrogen-bond acceptors (Lipinski definition) is 8. The van der Waals surface area contributed by atoms with Crippen molar-refractivity contribution in [1.82, 2.24) is 16.0 Å². The summed E-state index contributed by atoms with van der Waals surface area (Å²) in [6, 6.07) is -3.61. The summed E-state index contributed by atoms with van der Waals surface area (Å²) in [5.41, 5.74) is 0. The maximum atomic E-state index is 13.4. The van der Waals surface area contributed by atoms with Crippen LogP contribution < -0.4 is 16.0 Å². The van der Waals surface area contributed by atoms with Crippen LogP contribution in [0.15, 0.2) is 0 Å². The van der Waals surface area contributed by atoms with E-state index in [1.54, 1.807) is 27.7 Å². The zero-order chi connectivity index (χ0) is 28.9. The predicted octanol–water partition coefficient (Wildman–Crippen LogP) is 0.689. The highest BCUT2D eigenvalue weighted by molar-refractivity contribution is 6.74. The molecule has 1 aliphatic rings. The minimum absolute atomic E-state index is 0.179. The third-order valence-electron chi connectivity index (χ3n) is 7.36. The summed E-state index contributed by atoms with van der Waals surface area (Å²) in [4.78, 5) is 52.3. The van der Waals surface area contributed by atoms with Crippen molar-refractivity contribution in [2.24, 2.45) is 17.8 Å². The zero-order valence-corrected chi connectivity index (χ0v) is 24.9. The molecule has 37 heavy (non-hydrogen) atoms. The molecule has 214 valence electrons. The van der Waals surface area contributed by atoms with E-state index in [4.69, 9.17) is 9.16 Å². The van der Waals surface area contributed by atoms with Gasteiger partial charge in [-0.3, -0.25) is 14.4 Å². The highest BCUT2D eigenvalue weighted by Gasteiger charge is 2.43. The molecule has 1 rings (SSSR count). The lowest BCUT2D eigenvalue weighted by Crippen LogP contribution is -2.62. The molecule has 5 N–H and O–H groups in total. The number of hydrogen-bond donors (Lipinski definition) is 5. The minimum atomic E-state index is -2.38. The summed E-state index contributed by atoms with van der Waals surface area (Å²) in [7, 11) is -2.38. The average molecular weight is 546 g/mol. The molecular formula is C25H47N3O8Si. The average Bonchev–Trinajstić information content (AvgIpc) is 2.79. The largest absolute Gasteiger partial charge is 0.464 e. The van der Waals surface area contributed by atoms with Gasteiger partial charge >= 0.3 is 5.97 Å². The Bertz CT molecular complexity index is 829. The summed E-state index contributed by atoms with van der Waals surface area (Å²) in [6.07, 6.45) is -1.96. The number of rotatable bonds is 5. The van der Waals surface area contributed by atoms with Crippen LogP contribution in [0.3, 0.4) is 0 Å². The molecule has 0 aromatic heterocycles. The number of carbonyl (C=O) groups excluding carboxylic acids is 4. The number of carbonyl (C=O) groups is 4. The van der Waals surface area contributed by atoms with Crippen LogP contribution in [0.5, 0.6) is 0 Å². The number of ether oxygens (including phenoxy) is 1. The smallest absolute Gasteiger partial charge is 0.331 e. The normalized spacial score (nSPS) is 30.4. The summed E-state index contributed by atoms with van der Waals surface area (Å²) in [5.74, 6) is -4.65. The first-order valence-corrected chi connectivity index (χ1v) is 15.8. The summed E-state index contributed by atoms with van der Waals surface area (Å²) >= 11 is 0. The van der Waals surface area contributed by atoms with Gasteiger partial charge in [0.15, 0.2) is 14.4 Å². The van der Waals surface area contributed by atoms with Crippen LogP contribution in [-0.2, 0) is 28.3 Å². The van der Waals surface area contributed by atoms with Crippen molar-refractivity contribution >= 4 is 32.0 Å². The van der Waals surface area contributed by atoms with E-state index >= 15 is 0 Å². The maximum Gasteiger partial charge on any atom is 0.331 e. The molecule has 0 bridgehead atoms. The molecular weight excluding hydrogens is 498 g/mol. The number of esters is 1. The highest BCUT2D eigenvalue weighted by atomic mass is 28.4. The molecule has 1 heterocycles. The van der Waals surface area contributed by atoms with Crippen molar-refractivity contribution in [2.45, 2.75) is 104 Å². The Labute approximate surface area is 221 Å². The molecule has 7 atom stereocenters. The molecule has 1 fully saturated rings. The summed E-state index contributed by atoms with van der Waals surface area (Å²) < 4.78 is 11.6. The van der Waals surface area contributed by atoms with E-state index in [0.717, 1.165) is 0 Å². The molecule has 0 aromatic rings. The fourth-order valence-electron chi connectivity index (χ4n) is 3.67. The number of aliphatic hydroxyl groups excluding tert-OH is 2. The van der Waals surface area contributed by atoms with Crippen molar-refractivity contribution in [3.63, 3.8) is 0 Å². The number of cyclic esters (lactones) is 1. The third kappa shape index (κ3) is 8.76. The van der Waals surface area contributed by atoms with Gasteiger partial charge in [0, 0.05) is 5.92 Å². The lowest BCUT2D eigenvalue weighted by molar-refractivity contribution is -0.152. The van der Waals surface area contributed by atoms with Crippen molar-refractivity contribution < 1.29 is 38.6 Å². The first-order valence-electron chi connectivity index (χ1n) is 12.9. The molecule has 0 saturated carbocycles. The topological polar surface area (TPSA) is 163 Å². The van der Waals surface area contributed by atoms with E-state index in [1.165, 1.54) is 6.92 Å². The van der Waals surface area contributed by atoms with Gasteiger partial charge in [0.2, 0.25) is 17.7 Å². The molecule has 1 saturated heterocycles. The van der Waals surface area contributed by atoms with Crippen LogP contribution in [-0.4, -0.2) is 85.8 Å². The zero-order valence-electron chi connectivity index (χ0n) is 23.9. The van der Waals surface area contributed by atoms with Gasteiger partial charge in [-0.1, -0.05) is 48.5 Å². The van der Waals surface area contributed by atoms with E-state index < -0.39 is 80.8 Å². The molecule has 1 aliphatic heterocycles. The Kier molecular flexibility index (Phi) is 11.7. The predicted molar refractivity (Wildman–Crippen MR) is 141 cm³/mol. The van der Waals surface area contributed by atoms with Gasteiger partial charge in [-0.05, 0) is 31.0 Å². The van der Waals surface area contributed by atoms with Crippen molar-refractivity contribution in [2.75, 3.05) is 13.2 Å². The lowest BCUT2D eigenvalue weighted by atomic mass is 9.92. The number of aliphatic hydroxyl groups is 2. The molecule has 11 nitrogen and oxygen atoms in total. The van der Waals surface area contributed by atoms with Crippen LogP contribution in [0.2, 0.25) is 18.1 Å². The molecule has 3 amide bonds. The Morgan fingerprint density at radius 1 is 0.973 bits per heavy atom. The van der Waals surface area contributed by atoms with Crippen molar-refractivity contribution in [3.05, 3.63) is 0 Å². The summed E-state index contributed by atoms with van der Waals surface area (Å²) in [6.45, 7) is 17.5. The molecule has 0 spiro atoms. The summed E-state index contributed by atoms with van der Waals surface area (Å²) in [5, 5.41) is 28.1. The molecule has 12 heteroatoms. The molecule has 0 aromatic carbocycles.